The van der Waals surface area contributed by atoms with E-state index in [4.69, 9.17) is 0 Å². The summed E-state index contributed by atoms with van der Waals surface area (Å²) in [5, 5.41) is 15.7. The van der Waals surface area contributed by atoms with Crippen molar-refractivity contribution in [2.24, 2.45) is 16.9 Å². The molecule has 2 aromatic rings. The Morgan fingerprint density at radius 2 is 1.97 bits per heavy atom. The number of benzene rings is 2. The molecule has 3 N–H and O–H groups in total. The molecule has 1 saturated carbocycles. The summed E-state index contributed by atoms with van der Waals surface area (Å²) in [5.41, 5.74) is 3.19. The van der Waals surface area contributed by atoms with E-state index in [0.717, 1.165) is 31.2 Å². The minimum absolute atomic E-state index is 0.0884. The van der Waals surface area contributed by atoms with Gasteiger partial charge in [-0.25, -0.2) is 0 Å². The van der Waals surface area contributed by atoms with Crippen molar-refractivity contribution in [2.45, 2.75) is 37.5 Å². The van der Waals surface area contributed by atoms with Gasteiger partial charge in [0.2, 0.25) is 0 Å². The molecule has 0 aliphatic heterocycles. The van der Waals surface area contributed by atoms with Crippen LogP contribution in [0.3, 0.4) is 0 Å². The van der Waals surface area contributed by atoms with E-state index in [-0.39, 0.29) is 34.8 Å². The lowest BCUT2D eigenvalue weighted by Crippen LogP contribution is -2.34. The van der Waals surface area contributed by atoms with E-state index in [9.17, 15) is 22.9 Å². The highest BCUT2D eigenvalue weighted by molar-refractivity contribution is 7.86. The predicted molar refractivity (Wildman–Crippen MR) is 111 cm³/mol. The third-order valence-electron chi connectivity index (χ3n) is 5.79. The molecule has 2 unspecified atom stereocenters. The first-order chi connectivity index (χ1) is 13.8. The fourth-order valence-corrected chi connectivity index (χ4v) is 4.99. The Morgan fingerprint density at radius 1 is 1.21 bits per heavy atom. The largest absolute Gasteiger partial charge is 0.505 e. The van der Waals surface area contributed by atoms with Crippen LogP contribution in [0.1, 0.15) is 31.2 Å². The molecule has 2 atom stereocenters. The van der Waals surface area contributed by atoms with E-state index in [1.807, 2.05) is 6.08 Å². The minimum atomic E-state index is -4.64. The Kier molecular flexibility index (Phi) is 4.92. The summed E-state index contributed by atoms with van der Waals surface area (Å²) >= 11 is 0. The van der Waals surface area contributed by atoms with Crippen molar-refractivity contribution in [1.29, 1.82) is 0 Å². The Hall–Kier alpha value is -2.71. The van der Waals surface area contributed by atoms with Crippen molar-refractivity contribution in [2.75, 3.05) is 5.43 Å². The number of rotatable bonds is 3. The Labute approximate surface area is 168 Å². The number of anilines is 1. The van der Waals surface area contributed by atoms with E-state index in [1.165, 1.54) is 6.07 Å². The SMILES string of the molecule is Cc1cccc2cc(S(=O)(=O)O)c(NN=C3C=CC4CCCCC4C3=O)c(O)c12. The summed E-state index contributed by atoms with van der Waals surface area (Å²) in [5.74, 6) is -0.321. The maximum absolute atomic E-state index is 12.8. The van der Waals surface area contributed by atoms with Crippen LogP contribution < -0.4 is 5.43 Å². The average Bonchev–Trinajstić information content (AvgIpc) is 2.68. The molecule has 0 spiro atoms. The molecule has 0 radical (unpaired) electrons. The van der Waals surface area contributed by atoms with E-state index in [0.29, 0.717) is 10.8 Å². The Morgan fingerprint density at radius 3 is 2.72 bits per heavy atom. The van der Waals surface area contributed by atoms with E-state index < -0.39 is 15.0 Å². The van der Waals surface area contributed by atoms with Gasteiger partial charge in [-0.1, -0.05) is 37.1 Å². The summed E-state index contributed by atoms with van der Waals surface area (Å²) < 4.78 is 33.5. The number of nitrogens with zero attached hydrogens (tertiary/aromatic N) is 1. The van der Waals surface area contributed by atoms with Crippen LogP contribution in [0.15, 0.2) is 46.4 Å². The third kappa shape index (κ3) is 3.54. The predicted octanol–water partition coefficient (Wildman–Crippen LogP) is 3.81. The van der Waals surface area contributed by atoms with Gasteiger partial charge in [-0.3, -0.25) is 14.8 Å². The van der Waals surface area contributed by atoms with Crippen molar-refractivity contribution in [3.05, 3.63) is 42.0 Å². The van der Waals surface area contributed by atoms with Gasteiger partial charge in [0.1, 0.15) is 22.0 Å². The number of aromatic hydroxyl groups is 1. The van der Waals surface area contributed by atoms with Gasteiger partial charge in [-0.2, -0.15) is 13.5 Å². The number of nitrogens with one attached hydrogen (secondary N) is 1. The first kappa shape index (κ1) is 19.6. The van der Waals surface area contributed by atoms with Gasteiger partial charge >= 0.3 is 0 Å². The molecule has 0 amide bonds. The van der Waals surface area contributed by atoms with Crippen molar-refractivity contribution < 1.29 is 22.9 Å². The monoisotopic (exact) mass is 414 g/mol. The lowest BCUT2D eigenvalue weighted by molar-refractivity contribution is -0.118. The van der Waals surface area contributed by atoms with Crippen LogP contribution in [0.2, 0.25) is 0 Å². The molecule has 0 heterocycles. The molecular weight excluding hydrogens is 392 g/mol. The summed E-state index contributed by atoms with van der Waals surface area (Å²) in [7, 11) is -4.64. The first-order valence-electron chi connectivity index (χ1n) is 9.56. The molecule has 2 aliphatic carbocycles. The van der Waals surface area contributed by atoms with Gasteiger partial charge in [-0.05, 0) is 48.8 Å². The fraction of sp³-hybridized carbons (Fsp3) is 0.333. The molecule has 2 aliphatic rings. The summed E-state index contributed by atoms with van der Waals surface area (Å²) in [4.78, 5) is 12.3. The van der Waals surface area contributed by atoms with Gasteiger partial charge in [0.05, 0.1) is 0 Å². The van der Waals surface area contributed by atoms with Crippen LogP contribution in [0, 0.1) is 18.8 Å². The topological polar surface area (TPSA) is 116 Å². The van der Waals surface area contributed by atoms with Crippen molar-refractivity contribution >= 4 is 38.1 Å². The molecule has 152 valence electrons. The molecule has 1 fully saturated rings. The number of phenolic OH excluding ortho intramolecular Hbond substituents is 1. The summed E-state index contributed by atoms with van der Waals surface area (Å²) in [6, 6.07) is 6.42. The van der Waals surface area contributed by atoms with Gasteiger partial charge < -0.3 is 5.11 Å². The number of carbonyl (C=O) groups is 1. The lowest BCUT2D eigenvalue weighted by Gasteiger charge is -2.30. The van der Waals surface area contributed by atoms with Gasteiger partial charge in [0.25, 0.3) is 10.1 Å². The van der Waals surface area contributed by atoms with Crippen LogP contribution >= 0.6 is 0 Å². The standard InChI is InChI=1S/C21H22N2O5S/c1-12-5-4-7-14-11-17(29(26,27)28)19(21(25)18(12)14)23-22-16-10-9-13-6-2-3-8-15(13)20(16)24/h4-5,7,9-11,13,15,23,25H,2-3,6,8H2,1H3,(H,26,27,28). The molecule has 7 nitrogen and oxygen atoms in total. The number of fused-ring (bicyclic) bond motifs is 2. The Bertz CT molecular complexity index is 1170. The van der Waals surface area contributed by atoms with Crippen LogP contribution in [-0.4, -0.2) is 29.6 Å². The average molecular weight is 414 g/mol. The van der Waals surface area contributed by atoms with Gasteiger partial charge in [-0.15, -0.1) is 0 Å². The lowest BCUT2D eigenvalue weighted by atomic mass is 9.73. The quantitative estimate of drug-likeness (QED) is 0.399. The Balaban J connectivity index is 1.80. The molecule has 29 heavy (non-hydrogen) atoms. The van der Waals surface area contributed by atoms with Crippen molar-refractivity contribution in [3.63, 3.8) is 0 Å². The maximum Gasteiger partial charge on any atom is 0.296 e. The number of carbonyl (C=O) groups excluding carboxylic acids is 1. The first-order valence-corrected chi connectivity index (χ1v) is 11.0. The second kappa shape index (κ2) is 7.27. The second-order valence-corrected chi connectivity index (χ2v) is 9.02. The number of hydrazone groups is 1. The summed E-state index contributed by atoms with van der Waals surface area (Å²) in [6.45, 7) is 1.78. The van der Waals surface area contributed by atoms with Gasteiger partial charge in [0.15, 0.2) is 5.78 Å². The highest BCUT2D eigenvalue weighted by Gasteiger charge is 2.34. The van der Waals surface area contributed by atoms with Crippen molar-refractivity contribution in [1.82, 2.24) is 0 Å². The fourth-order valence-electron chi connectivity index (χ4n) is 4.31. The number of phenols is 1. The molecule has 8 heteroatoms. The zero-order valence-electron chi connectivity index (χ0n) is 15.9. The van der Waals surface area contributed by atoms with Crippen LogP contribution in [0.5, 0.6) is 5.75 Å². The molecule has 0 bridgehead atoms. The van der Waals surface area contributed by atoms with Crippen LogP contribution in [0.25, 0.3) is 10.8 Å². The zero-order valence-corrected chi connectivity index (χ0v) is 16.7. The molecular formula is C21H22N2O5S. The summed E-state index contributed by atoms with van der Waals surface area (Å²) in [6.07, 6.45) is 7.50. The number of ketones is 1. The molecule has 2 aromatic carbocycles. The highest BCUT2D eigenvalue weighted by atomic mass is 32.2. The number of hydrogen-bond acceptors (Lipinski definition) is 6. The molecule has 4 rings (SSSR count). The third-order valence-corrected chi connectivity index (χ3v) is 6.67. The number of hydrogen-bond donors (Lipinski definition) is 3. The van der Waals surface area contributed by atoms with E-state index in [2.05, 4.69) is 10.5 Å². The molecule has 0 saturated heterocycles. The maximum atomic E-state index is 12.8. The van der Waals surface area contributed by atoms with Crippen LogP contribution in [-0.2, 0) is 14.9 Å². The molecule has 0 aromatic heterocycles. The van der Waals surface area contributed by atoms with Crippen LogP contribution in [0.4, 0.5) is 5.69 Å². The minimum Gasteiger partial charge on any atom is -0.505 e. The van der Waals surface area contributed by atoms with E-state index in [1.54, 1.807) is 31.2 Å². The second-order valence-electron chi connectivity index (χ2n) is 7.63. The normalized spacial score (nSPS) is 23.4. The zero-order chi connectivity index (χ0) is 20.8. The number of allylic oxidation sites excluding steroid dienone is 2. The number of aryl methyl sites for hydroxylation is 1. The van der Waals surface area contributed by atoms with Gasteiger partial charge in [0, 0.05) is 11.3 Å². The van der Waals surface area contributed by atoms with Crippen molar-refractivity contribution in [3.8, 4) is 5.75 Å². The number of Topliss-reactive ketones (excluding diaryl/α,β-unsaturated/α-hetero) is 1. The smallest absolute Gasteiger partial charge is 0.296 e. The highest BCUT2D eigenvalue weighted by Crippen LogP contribution is 2.40. The van der Waals surface area contributed by atoms with E-state index >= 15 is 0 Å².